The Hall–Kier alpha value is -4.12. The molecular weight excluding hydrogens is 629 g/mol. The van der Waals surface area contributed by atoms with Crippen molar-refractivity contribution in [3.63, 3.8) is 0 Å². The molecule has 3 unspecified atom stereocenters. The molecular formula is C37H38N4O4S2. The van der Waals surface area contributed by atoms with E-state index in [9.17, 15) is 18.0 Å². The Balaban J connectivity index is 1.04. The Bertz CT molecular complexity index is 1970. The molecule has 1 aliphatic heterocycles. The van der Waals surface area contributed by atoms with Gasteiger partial charge in [-0.3, -0.25) is 14.6 Å². The third-order valence-corrected chi connectivity index (χ3v) is 12.7. The van der Waals surface area contributed by atoms with Gasteiger partial charge in [-0.25, -0.2) is 13.1 Å². The van der Waals surface area contributed by atoms with Crippen LogP contribution in [0.15, 0.2) is 94.1 Å². The summed E-state index contributed by atoms with van der Waals surface area (Å²) in [5, 5.41) is 3.05. The second-order valence-corrected chi connectivity index (χ2v) is 16.1. The van der Waals surface area contributed by atoms with Crippen LogP contribution in [0.2, 0.25) is 0 Å². The number of thiophene rings is 1. The number of hydrogen-bond acceptors (Lipinski definition) is 6. The minimum absolute atomic E-state index is 0.115. The topological polar surface area (TPSA) is 108 Å². The predicted molar refractivity (Wildman–Crippen MR) is 187 cm³/mol. The molecule has 7 rings (SSSR count). The standard InChI is InChI=1S/C37H38N4O4S2/c1-23-12-19-34(46-23)47(44,45)40-35-26-13-14-27(35)21-28-22-29(16-15-25(28)20-26)38-33(42)18-17-31-37(43)41(2)32-11-7-6-10-30(32)36(39-31)24-8-4-3-5-9-24/h3-12,15-16,19,22,26-27,31,35,40H,13-14,17-18,20-21H2,1-2H3,(H,38,42)/t26?,27?,31-,35?/m1/s1. The molecule has 2 heterocycles. The SMILES string of the molecule is Cc1ccc(S(=O)(=O)NC2C3CCC2Cc2cc(NC(=O)CC[C@H]4N=C(c5ccccc5)c5ccccc5N(C)C4=O)ccc2C3)s1. The molecule has 2 N–H and O–H groups in total. The molecule has 3 aromatic carbocycles. The molecule has 1 aromatic heterocycles. The van der Waals surface area contributed by atoms with E-state index in [4.69, 9.17) is 4.99 Å². The zero-order valence-corrected chi connectivity index (χ0v) is 28.1. The van der Waals surface area contributed by atoms with Gasteiger partial charge in [0.1, 0.15) is 10.3 Å². The zero-order chi connectivity index (χ0) is 32.7. The fourth-order valence-corrected chi connectivity index (χ4v) is 10.0. The van der Waals surface area contributed by atoms with Gasteiger partial charge < -0.3 is 10.2 Å². The van der Waals surface area contributed by atoms with Gasteiger partial charge in [0.05, 0.1) is 11.4 Å². The molecule has 47 heavy (non-hydrogen) atoms. The number of rotatable bonds is 8. The second-order valence-electron chi connectivity index (χ2n) is 12.9. The van der Waals surface area contributed by atoms with Crippen molar-refractivity contribution in [1.29, 1.82) is 0 Å². The van der Waals surface area contributed by atoms with E-state index in [0.717, 1.165) is 58.6 Å². The molecule has 1 saturated carbocycles. The van der Waals surface area contributed by atoms with Gasteiger partial charge in [0.25, 0.3) is 5.91 Å². The lowest BCUT2D eigenvalue weighted by Gasteiger charge is -2.23. The third kappa shape index (κ3) is 6.42. The largest absolute Gasteiger partial charge is 0.326 e. The number of fused-ring (bicyclic) bond motifs is 4. The van der Waals surface area contributed by atoms with Gasteiger partial charge >= 0.3 is 0 Å². The van der Waals surface area contributed by atoms with Crippen molar-refractivity contribution in [3.8, 4) is 0 Å². The summed E-state index contributed by atoms with van der Waals surface area (Å²) in [7, 11) is -1.81. The van der Waals surface area contributed by atoms with Crippen molar-refractivity contribution in [2.45, 2.75) is 61.7 Å². The first-order valence-electron chi connectivity index (χ1n) is 16.2. The molecule has 2 bridgehead atoms. The first-order valence-corrected chi connectivity index (χ1v) is 18.5. The molecule has 2 amide bonds. The highest BCUT2D eigenvalue weighted by atomic mass is 32.2. The number of aryl methyl sites for hydroxylation is 1. The normalized spacial score (nSPS) is 22.1. The van der Waals surface area contributed by atoms with Crippen LogP contribution in [0.5, 0.6) is 0 Å². The summed E-state index contributed by atoms with van der Waals surface area (Å²) in [4.78, 5) is 34.4. The van der Waals surface area contributed by atoms with Crippen LogP contribution in [0.1, 0.15) is 52.8 Å². The quantitative estimate of drug-likeness (QED) is 0.236. The van der Waals surface area contributed by atoms with Crippen LogP contribution in [-0.2, 0) is 32.5 Å². The number of benzodiazepines with no additional fused rings is 1. The van der Waals surface area contributed by atoms with E-state index < -0.39 is 16.1 Å². The van der Waals surface area contributed by atoms with E-state index in [-0.39, 0.29) is 42.5 Å². The van der Waals surface area contributed by atoms with Crippen LogP contribution in [0.3, 0.4) is 0 Å². The number of nitrogens with zero attached hydrogens (tertiary/aromatic N) is 2. The summed E-state index contributed by atoms with van der Waals surface area (Å²) in [5.74, 6) is 0.114. The van der Waals surface area contributed by atoms with Crippen LogP contribution in [-0.4, -0.2) is 45.1 Å². The number of sulfonamides is 1. The summed E-state index contributed by atoms with van der Waals surface area (Å²) in [5.41, 5.74) is 6.42. The molecule has 0 saturated heterocycles. The van der Waals surface area contributed by atoms with Crippen molar-refractivity contribution < 1.29 is 18.0 Å². The van der Waals surface area contributed by atoms with Crippen molar-refractivity contribution >= 4 is 50.3 Å². The average molecular weight is 667 g/mol. The van der Waals surface area contributed by atoms with Gasteiger partial charge in [-0.2, -0.15) is 0 Å². The second kappa shape index (κ2) is 12.8. The Labute approximate surface area is 280 Å². The van der Waals surface area contributed by atoms with Crippen LogP contribution < -0.4 is 14.9 Å². The number of likely N-dealkylation sites (N-methyl/N-ethyl adjacent to an activating group) is 1. The summed E-state index contributed by atoms with van der Waals surface area (Å²) >= 11 is 1.30. The molecule has 0 spiro atoms. The summed E-state index contributed by atoms with van der Waals surface area (Å²) in [6.07, 6.45) is 3.94. The van der Waals surface area contributed by atoms with Gasteiger partial charge in [-0.15, -0.1) is 11.3 Å². The maximum absolute atomic E-state index is 13.6. The monoisotopic (exact) mass is 666 g/mol. The average Bonchev–Trinajstić information content (AvgIpc) is 3.60. The molecule has 8 nitrogen and oxygen atoms in total. The number of carbonyl (C=O) groups excluding carboxylic acids is 2. The molecule has 4 aromatic rings. The fourth-order valence-electron chi connectivity index (χ4n) is 7.37. The number of amides is 2. The van der Waals surface area contributed by atoms with E-state index in [0.29, 0.717) is 9.90 Å². The van der Waals surface area contributed by atoms with E-state index in [2.05, 4.69) is 16.1 Å². The molecule has 242 valence electrons. The first-order chi connectivity index (χ1) is 22.7. The predicted octanol–water partition coefficient (Wildman–Crippen LogP) is 6.13. The highest BCUT2D eigenvalue weighted by Crippen LogP contribution is 2.41. The van der Waals surface area contributed by atoms with Crippen molar-refractivity contribution in [2.24, 2.45) is 16.8 Å². The van der Waals surface area contributed by atoms with Gasteiger partial charge in [0.15, 0.2) is 0 Å². The van der Waals surface area contributed by atoms with E-state index >= 15 is 0 Å². The Morgan fingerprint density at radius 1 is 0.936 bits per heavy atom. The van der Waals surface area contributed by atoms with Crippen molar-refractivity contribution in [1.82, 2.24) is 4.72 Å². The smallest absolute Gasteiger partial charge is 0.251 e. The number of anilines is 2. The summed E-state index contributed by atoms with van der Waals surface area (Å²) in [6, 6.07) is 26.3. The van der Waals surface area contributed by atoms with Crippen LogP contribution in [0.4, 0.5) is 11.4 Å². The Morgan fingerprint density at radius 2 is 1.66 bits per heavy atom. The van der Waals surface area contributed by atoms with E-state index in [1.54, 1.807) is 18.0 Å². The molecule has 2 aliphatic carbocycles. The van der Waals surface area contributed by atoms with Gasteiger partial charge in [-0.05, 0) is 92.3 Å². The lowest BCUT2D eigenvalue weighted by atomic mass is 9.93. The van der Waals surface area contributed by atoms with Gasteiger partial charge in [0, 0.05) is 41.2 Å². The van der Waals surface area contributed by atoms with E-state index in [1.165, 1.54) is 16.9 Å². The summed E-state index contributed by atoms with van der Waals surface area (Å²) in [6.45, 7) is 1.91. The maximum Gasteiger partial charge on any atom is 0.251 e. The zero-order valence-electron chi connectivity index (χ0n) is 26.5. The maximum atomic E-state index is 13.6. The molecule has 10 heteroatoms. The minimum atomic E-state index is -3.58. The number of aliphatic imine (C=N–C) groups is 1. The lowest BCUT2D eigenvalue weighted by molar-refractivity contribution is -0.120. The van der Waals surface area contributed by atoms with Crippen LogP contribution in [0.25, 0.3) is 0 Å². The minimum Gasteiger partial charge on any atom is -0.326 e. The highest BCUT2D eigenvalue weighted by Gasteiger charge is 2.41. The number of para-hydroxylation sites is 1. The number of carbonyl (C=O) groups is 2. The van der Waals surface area contributed by atoms with Crippen LogP contribution >= 0.6 is 11.3 Å². The summed E-state index contributed by atoms with van der Waals surface area (Å²) < 4.78 is 29.8. The molecule has 0 radical (unpaired) electrons. The van der Waals surface area contributed by atoms with Crippen molar-refractivity contribution in [2.75, 3.05) is 17.3 Å². The lowest BCUT2D eigenvalue weighted by Crippen LogP contribution is -2.41. The fraction of sp³-hybridized carbons (Fsp3) is 0.324. The van der Waals surface area contributed by atoms with E-state index in [1.807, 2.05) is 79.7 Å². The number of hydrogen-bond donors (Lipinski definition) is 2. The first kappa shape index (κ1) is 31.5. The highest BCUT2D eigenvalue weighted by molar-refractivity contribution is 7.91. The molecule has 4 atom stereocenters. The van der Waals surface area contributed by atoms with Gasteiger partial charge in [-0.1, -0.05) is 54.6 Å². The Morgan fingerprint density at radius 3 is 2.40 bits per heavy atom. The van der Waals surface area contributed by atoms with Gasteiger partial charge in [0.2, 0.25) is 15.9 Å². The molecule has 1 fully saturated rings. The Kier molecular flexibility index (Phi) is 8.59. The van der Waals surface area contributed by atoms with Crippen molar-refractivity contribution in [3.05, 3.63) is 112 Å². The number of nitrogens with one attached hydrogen (secondary N) is 2. The molecule has 3 aliphatic rings. The number of benzene rings is 3. The van der Waals surface area contributed by atoms with Crippen LogP contribution in [0, 0.1) is 18.8 Å². The third-order valence-electron chi connectivity index (χ3n) is 9.76.